The summed E-state index contributed by atoms with van der Waals surface area (Å²) in [6.07, 6.45) is 0. The number of nitrogens with two attached hydrogens (primary N) is 1. The van der Waals surface area contributed by atoms with Gasteiger partial charge in [0.2, 0.25) is 0 Å². The first kappa shape index (κ1) is 9.22. The Morgan fingerprint density at radius 3 is 2.73 bits per heavy atom. The van der Waals surface area contributed by atoms with Crippen LogP contribution in [0.4, 0.5) is 4.39 Å². The summed E-state index contributed by atoms with van der Waals surface area (Å²) in [5.74, 6) is -0.290. The van der Waals surface area contributed by atoms with Gasteiger partial charge in [0.25, 0.3) is 0 Å². The van der Waals surface area contributed by atoms with Crippen molar-refractivity contribution in [1.82, 2.24) is 0 Å². The summed E-state index contributed by atoms with van der Waals surface area (Å²) in [6.45, 7) is 0.183. The molecule has 0 aliphatic carbocycles. The van der Waals surface area contributed by atoms with E-state index >= 15 is 0 Å². The maximum absolute atomic E-state index is 12.9. The highest BCUT2D eigenvalue weighted by Gasteiger charge is 2.04. The number of hydrogen-bond donors (Lipinski definition) is 1. The molecule has 0 amide bonds. The third kappa shape index (κ3) is 2.04. The molecule has 60 valence electrons. The Labute approximate surface area is 82.9 Å². The van der Waals surface area contributed by atoms with E-state index in [2.05, 4.69) is 0 Å². The second-order valence-electron chi connectivity index (χ2n) is 2.06. The van der Waals surface area contributed by atoms with Gasteiger partial charge in [0, 0.05) is 15.7 Å². The van der Waals surface area contributed by atoms with Crippen molar-refractivity contribution in [3.8, 4) is 0 Å². The zero-order valence-corrected chi connectivity index (χ0v) is 8.49. The molecular formula is C7H6ClFIN. The van der Waals surface area contributed by atoms with Crippen LogP contribution in [0.15, 0.2) is 12.1 Å². The lowest BCUT2D eigenvalue weighted by Crippen LogP contribution is -2.00. The predicted molar refractivity (Wildman–Crippen MR) is 52.0 cm³/mol. The molecule has 0 unspecified atom stereocenters. The maximum atomic E-state index is 12.9. The predicted octanol–water partition coefficient (Wildman–Crippen LogP) is 2.54. The van der Waals surface area contributed by atoms with E-state index in [4.69, 9.17) is 17.3 Å². The molecular weight excluding hydrogens is 279 g/mol. The van der Waals surface area contributed by atoms with Gasteiger partial charge in [-0.25, -0.2) is 4.39 Å². The van der Waals surface area contributed by atoms with Crippen molar-refractivity contribution >= 4 is 34.2 Å². The fourth-order valence-electron chi connectivity index (χ4n) is 0.720. The van der Waals surface area contributed by atoms with Crippen LogP contribution in [0, 0.1) is 9.39 Å². The highest BCUT2D eigenvalue weighted by molar-refractivity contribution is 14.1. The average Bonchev–Trinajstić information content (AvgIpc) is 1.97. The smallest absolute Gasteiger partial charge is 0.128 e. The highest BCUT2D eigenvalue weighted by Crippen LogP contribution is 2.21. The van der Waals surface area contributed by atoms with E-state index in [0.29, 0.717) is 14.2 Å². The summed E-state index contributed by atoms with van der Waals surface area (Å²) in [4.78, 5) is 0. The minimum atomic E-state index is -0.290. The van der Waals surface area contributed by atoms with Crippen LogP contribution in [0.5, 0.6) is 0 Å². The molecule has 0 aromatic heterocycles. The molecule has 11 heavy (non-hydrogen) atoms. The molecule has 2 N–H and O–H groups in total. The quantitative estimate of drug-likeness (QED) is 0.623. The van der Waals surface area contributed by atoms with Gasteiger partial charge < -0.3 is 5.73 Å². The van der Waals surface area contributed by atoms with Crippen LogP contribution in [0.3, 0.4) is 0 Å². The van der Waals surface area contributed by atoms with Crippen LogP contribution in [0.1, 0.15) is 5.56 Å². The summed E-state index contributed by atoms with van der Waals surface area (Å²) in [7, 11) is 0. The van der Waals surface area contributed by atoms with Gasteiger partial charge in [0.15, 0.2) is 0 Å². The number of halogens is 3. The summed E-state index contributed by atoms with van der Waals surface area (Å²) in [6, 6.07) is 2.93. The lowest BCUT2D eigenvalue weighted by molar-refractivity contribution is 0.609. The molecule has 4 heteroatoms. The molecule has 1 aromatic rings. The average molecular weight is 285 g/mol. The summed E-state index contributed by atoms with van der Waals surface area (Å²) in [5, 5.41) is 0.549. The Kier molecular flexibility index (Phi) is 3.09. The summed E-state index contributed by atoms with van der Waals surface area (Å²) >= 11 is 7.71. The Balaban J connectivity index is 3.21. The molecule has 0 saturated heterocycles. The Morgan fingerprint density at radius 1 is 1.55 bits per heavy atom. The van der Waals surface area contributed by atoms with E-state index in [-0.39, 0.29) is 12.4 Å². The van der Waals surface area contributed by atoms with E-state index < -0.39 is 0 Å². The van der Waals surface area contributed by atoms with Crippen molar-refractivity contribution in [2.75, 3.05) is 0 Å². The maximum Gasteiger partial charge on any atom is 0.128 e. The lowest BCUT2D eigenvalue weighted by Gasteiger charge is -2.01. The van der Waals surface area contributed by atoms with Crippen LogP contribution in [-0.2, 0) is 6.54 Å². The second kappa shape index (κ2) is 3.69. The lowest BCUT2D eigenvalue weighted by atomic mass is 10.2. The first-order valence-corrected chi connectivity index (χ1v) is 4.44. The first-order valence-electron chi connectivity index (χ1n) is 2.98. The monoisotopic (exact) mass is 285 g/mol. The minimum absolute atomic E-state index is 0.183. The van der Waals surface area contributed by atoms with Gasteiger partial charge in [-0.15, -0.1) is 0 Å². The molecule has 0 bridgehead atoms. The van der Waals surface area contributed by atoms with Crippen molar-refractivity contribution in [3.63, 3.8) is 0 Å². The summed E-state index contributed by atoms with van der Waals surface area (Å²) < 4.78 is 13.6. The van der Waals surface area contributed by atoms with Crippen LogP contribution < -0.4 is 5.73 Å². The van der Waals surface area contributed by atoms with Gasteiger partial charge in [-0.1, -0.05) is 11.6 Å². The molecule has 1 aromatic carbocycles. The van der Waals surface area contributed by atoms with E-state index in [1.54, 1.807) is 6.07 Å². The van der Waals surface area contributed by atoms with Gasteiger partial charge in [-0.3, -0.25) is 0 Å². The minimum Gasteiger partial charge on any atom is -0.326 e. The largest absolute Gasteiger partial charge is 0.326 e. The summed E-state index contributed by atoms with van der Waals surface area (Å²) in [5.41, 5.74) is 5.72. The Hall–Kier alpha value is 0.130. The first-order chi connectivity index (χ1) is 5.15. The zero-order chi connectivity index (χ0) is 8.43. The van der Waals surface area contributed by atoms with Crippen LogP contribution in [0.25, 0.3) is 0 Å². The van der Waals surface area contributed by atoms with Crippen LogP contribution in [-0.4, -0.2) is 0 Å². The molecule has 0 spiro atoms. The zero-order valence-electron chi connectivity index (χ0n) is 5.57. The number of benzene rings is 1. The molecule has 0 fully saturated rings. The van der Waals surface area contributed by atoms with Gasteiger partial charge >= 0.3 is 0 Å². The Bertz CT molecular complexity index is 277. The van der Waals surface area contributed by atoms with Crippen molar-refractivity contribution in [1.29, 1.82) is 0 Å². The topological polar surface area (TPSA) is 26.0 Å². The van der Waals surface area contributed by atoms with E-state index in [0.717, 1.165) is 0 Å². The number of rotatable bonds is 1. The van der Waals surface area contributed by atoms with Crippen molar-refractivity contribution in [3.05, 3.63) is 32.1 Å². The SMILES string of the molecule is NCc1cc(Cl)c(I)cc1F. The normalized spacial score (nSPS) is 10.2. The van der Waals surface area contributed by atoms with Gasteiger partial charge in [0.1, 0.15) is 5.82 Å². The molecule has 1 nitrogen and oxygen atoms in total. The van der Waals surface area contributed by atoms with E-state index in [9.17, 15) is 4.39 Å². The fraction of sp³-hybridized carbons (Fsp3) is 0.143. The third-order valence-electron chi connectivity index (χ3n) is 1.31. The van der Waals surface area contributed by atoms with Crippen LogP contribution >= 0.6 is 34.2 Å². The number of hydrogen-bond acceptors (Lipinski definition) is 1. The fourth-order valence-corrected chi connectivity index (χ4v) is 1.34. The molecule has 0 saturated carbocycles. The highest BCUT2D eigenvalue weighted by atomic mass is 127. The van der Waals surface area contributed by atoms with Gasteiger partial charge in [-0.2, -0.15) is 0 Å². The van der Waals surface area contributed by atoms with Gasteiger partial charge in [0.05, 0.1) is 5.02 Å². The molecule has 0 aliphatic rings. The van der Waals surface area contributed by atoms with Crippen molar-refractivity contribution < 1.29 is 4.39 Å². The molecule has 1 rings (SSSR count). The Morgan fingerprint density at radius 2 is 2.18 bits per heavy atom. The molecule has 0 radical (unpaired) electrons. The standard InChI is InChI=1S/C7H6ClFIN/c8-5-1-4(3-11)6(9)2-7(5)10/h1-2H,3,11H2. The van der Waals surface area contributed by atoms with E-state index in [1.807, 2.05) is 22.6 Å². The van der Waals surface area contributed by atoms with Gasteiger partial charge in [-0.05, 0) is 34.7 Å². The third-order valence-corrected chi connectivity index (χ3v) is 2.83. The molecule has 0 aliphatic heterocycles. The van der Waals surface area contributed by atoms with Crippen LogP contribution in [0.2, 0.25) is 5.02 Å². The second-order valence-corrected chi connectivity index (χ2v) is 3.63. The molecule has 0 heterocycles. The molecule has 0 atom stereocenters. The van der Waals surface area contributed by atoms with E-state index in [1.165, 1.54) is 6.07 Å². The van der Waals surface area contributed by atoms with Crippen molar-refractivity contribution in [2.24, 2.45) is 5.73 Å². The van der Waals surface area contributed by atoms with Crippen molar-refractivity contribution in [2.45, 2.75) is 6.54 Å².